The number of alkyl halides is 2. The van der Waals surface area contributed by atoms with Crippen LogP contribution in [-0.2, 0) is 15.5 Å². The van der Waals surface area contributed by atoms with Crippen molar-refractivity contribution in [3.8, 4) is 0 Å². The van der Waals surface area contributed by atoms with Gasteiger partial charge >= 0.3 is 5.92 Å². The first-order valence-electron chi connectivity index (χ1n) is 10.2. The van der Waals surface area contributed by atoms with E-state index in [0.29, 0.717) is 18.1 Å². The van der Waals surface area contributed by atoms with Crippen LogP contribution in [0.4, 0.5) is 13.9 Å². The fourth-order valence-electron chi connectivity index (χ4n) is 3.77. The monoisotopic (exact) mass is 463 g/mol. The van der Waals surface area contributed by atoms with Crippen LogP contribution in [0.2, 0.25) is 0 Å². The van der Waals surface area contributed by atoms with E-state index in [1.54, 1.807) is 0 Å². The molecule has 1 fully saturated rings. The molecule has 0 aliphatic carbocycles. The molecule has 3 heterocycles. The van der Waals surface area contributed by atoms with E-state index < -0.39 is 30.0 Å². The van der Waals surface area contributed by atoms with Crippen molar-refractivity contribution in [3.63, 3.8) is 0 Å². The zero-order valence-corrected chi connectivity index (χ0v) is 18.4. The van der Waals surface area contributed by atoms with Crippen molar-refractivity contribution < 1.29 is 18.3 Å². The maximum atomic E-state index is 14.2. The number of amides is 1. The molecule has 0 radical (unpaired) electrons. The van der Waals surface area contributed by atoms with Crippen LogP contribution in [0.5, 0.6) is 0 Å². The van der Waals surface area contributed by atoms with Crippen LogP contribution in [0.3, 0.4) is 0 Å². The smallest absolute Gasteiger partial charge is 0.327 e. The van der Waals surface area contributed by atoms with Crippen LogP contribution in [-0.4, -0.2) is 47.2 Å². The number of ether oxygens (including phenoxy) is 1. The molecule has 0 unspecified atom stereocenters. The highest BCUT2D eigenvalue weighted by atomic mass is 32.1. The molecule has 2 N–H and O–H groups in total. The van der Waals surface area contributed by atoms with Gasteiger partial charge in [-0.1, -0.05) is 41.7 Å². The van der Waals surface area contributed by atoms with Gasteiger partial charge in [0.05, 0.1) is 6.04 Å². The second-order valence-corrected chi connectivity index (χ2v) is 8.65. The zero-order valence-electron chi connectivity index (χ0n) is 17.6. The van der Waals surface area contributed by atoms with Crippen molar-refractivity contribution in [3.05, 3.63) is 52.1 Å². The number of nitrogens with one attached hydrogen (secondary N) is 2. The number of anilines is 1. The summed E-state index contributed by atoms with van der Waals surface area (Å²) in [6.45, 7) is 1.58. The van der Waals surface area contributed by atoms with Crippen molar-refractivity contribution in [2.45, 2.75) is 37.8 Å². The third-order valence-electron chi connectivity index (χ3n) is 5.39. The number of fused-ring (bicyclic) bond motifs is 1. The quantitative estimate of drug-likeness (QED) is 0.559. The molecule has 1 saturated heterocycles. The summed E-state index contributed by atoms with van der Waals surface area (Å²) in [6.07, 6.45) is 1.40. The second kappa shape index (κ2) is 8.91. The van der Waals surface area contributed by atoms with Crippen molar-refractivity contribution in [1.29, 1.82) is 0 Å². The first-order chi connectivity index (χ1) is 15.3. The van der Waals surface area contributed by atoms with Crippen LogP contribution >= 0.6 is 11.3 Å². The van der Waals surface area contributed by atoms with Gasteiger partial charge in [0.1, 0.15) is 12.6 Å². The lowest BCUT2D eigenvalue weighted by Gasteiger charge is -2.25. The molecule has 0 saturated carbocycles. The number of aromatic amines is 1. The van der Waals surface area contributed by atoms with Crippen molar-refractivity contribution in [2.24, 2.45) is 0 Å². The van der Waals surface area contributed by atoms with Gasteiger partial charge in [-0.15, -0.1) is 0 Å². The SMILES string of the molecule is COCC(F)(F)c1nc2sc(N3CCC[C@@H]3C(=O)N[C@H](C)c3ccccc3)nc2c(=O)[nH]1. The molecule has 1 aliphatic rings. The highest BCUT2D eigenvalue weighted by Gasteiger charge is 2.37. The highest BCUT2D eigenvalue weighted by molar-refractivity contribution is 7.21. The van der Waals surface area contributed by atoms with Crippen molar-refractivity contribution in [1.82, 2.24) is 20.3 Å². The summed E-state index contributed by atoms with van der Waals surface area (Å²) in [4.78, 5) is 37.6. The minimum Gasteiger partial charge on any atom is -0.378 e. The first-order valence-corrected chi connectivity index (χ1v) is 11.0. The fourth-order valence-corrected chi connectivity index (χ4v) is 4.79. The Kier molecular flexibility index (Phi) is 6.20. The maximum Gasteiger partial charge on any atom is 0.327 e. The molecule has 170 valence electrons. The Morgan fingerprint density at radius 1 is 1.38 bits per heavy atom. The van der Waals surface area contributed by atoms with Gasteiger partial charge in [0, 0.05) is 13.7 Å². The average Bonchev–Trinajstić information content (AvgIpc) is 3.41. The van der Waals surface area contributed by atoms with Gasteiger partial charge in [-0.3, -0.25) is 9.59 Å². The van der Waals surface area contributed by atoms with Gasteiger partial charge in [-0.05, 0) is 25.3 Å². The number of aromatic nitrogens is 3. The lowest BCUT2D eigenvalue weighted by molar-refractivity contribution is -0.122. The molecule has 4 rings (SSSR count). The van der Waals surface area contributed by atoms with E-state index in [-0.39, 0.29) is 22.3 Å². The molecule has 32 heavy (non-hydrogen) atoms. The fraction of sp³-hybridized carbons (Fsp3) is 0.429. The summed E-state index contributed by atoms with van der Waals surface area (Å²) in [6, 6.07) is 8.99. The first kappa shape index (κ1) is 22.3. The van der Waals surface area contributed by atoms with Crippen LogP contribution in [0.25, 0.3) is 10.3 Å². The average molecular weight is 464 g/mol. The molecule has 8 nitrogen and oxygen atoms in total. The van der Waals surface area contributed by atoms with Crippen LogP contribution < -0.4 is 15.8 Å². The second-order valence-electron chi connectivity index (χ2n) is 7.69. The number of rotatable bonds is 7. The number of hydrogen-bond acceptors (Lipinski definition) is 7. The zero-order chi connectivity index (χ0) is 22.9. The summed E-state index contributed by atoms with van der Waals surface area (Å²) in [5, 5.41) is 3.44. The van der Waals surface area contributed by atoms with Gasteiger partial charge in [-0.25, -0.2) is 9.97 Å². The summed E-state index contributed by atoms with van der Waals surface area (Å²) >= 11 is 1.02. The van der Waals surface area contributed by atoms with Crippen LogP contribution in [0, 0.1) is 0 Å². The minimum absolute atomic E-state index is 0.0225. The number of H-pyrrole nitrogens is 1. The van der Waals surface area contributed by atoms with E-state index in [9.17, 15) is 18.4 Å². The predicted molar refractivity (Wildman–Crippen MR) is 117 cm³/mol. The van der Waals surface area contributed by atoms with E-state index in [1.165, 1.54) is 0 Å². The molecule has 2 aromatic heterocycles. The molecule has 1 aliphatic heterocycles. The third kappa shape index (κ3) is 4.35. The Hall–Kier alpha value is -2.92. The molecule has 2 atom stereocenters. The number of thiazole rings is 1. The van der Waals surface area contributed by atoms with Gasteiger partial charge in [-0.2, -0.15) is 8.78 Å². The largest absolute Gasteiger partial charge is 0.378 e. The van der Waals surface area contributed by atoms with Crippen molar-refractivity contribution >= 4 is 32.7 Å². The molecule has 1 aromatic carbocycles. The lowest BCUT2D eigenvalue weighted by Crippen LogP contribution is -2.44. The highest BCUT2D eigenvalue weighted by Crippen LogP contribution is 2.33. The summed E-state index contributed by atoms with van der Waals surface area (Å²) in [5.74, 6) is -4.35. The van der Waals surface area contributed by atoms with E-state index >= 15 is 0 Å². The Morgan fingerprint density at radius 2 is 2.12 bits per heavy atom. The Bertz CT molecular complexity index is 1170. The van der Waals surface area contributed by atoms with Crippen LogP contribution in [0.1, 0.15) is 37.2 Å². The Balaban J connectivity index is 1.58. The maximum absolute atomic E-state index is 14.2. The summed E-state index contributed by atoms with van der Waals surface area (Å²) < 4.78 is 32.9. The summed E-state index contributed by atoms with van der Waals surface area (Å²) in [7, 11) is 1.15. The standard InChI is InChI=1S/C21H23F2N5O3S/c1-12(13-7-4-3-5-8-13)24-16(29)14-9-6-10-28(14)20-25-15-17(30)26-19(27-18(15)32-20)21(22,23)11-31-2/h3-5,7-8,12,14H,6,9-11H2,1-2H3,(H,24,29)(H,26,27,30)/t12-,14-/m1/s1. The Morgan fingerprint density at radius 3 is 2.84 bits per heavy atom. The molecular formula is C21H23F2N5O3S. The predicted octanol–water partition coefficient (Wildman–Crippen LogP) is 2.96. The Labute approximate surface area is 186 Å². The van der Waals surface area contributed by atoms with Gasteiger partial charge in [0.15, 0.2) is 21.3 Å². The number of halogens is 2. The number of benzene rings is 1. The molecule has 1 amide bonds. The minimum atomic E-state index is -3.43. The lowest BCUT2D eigenvalue weighted by atomic mass is 10.1. The van der Waals surface area contributed by atoms with Gasteiger partial charge in [0.25, 0.3) is 5.56 Å². The van der Waals surface area contributed by atoms with Gasteiger partial charge in [0.2, 0.25) is 5.91 Å². The molecule has 0 bridgehead atoms. The van der Waals surface area contributed by atoms with E-state index in [2.05, 4.69) is 25.0 Å². The van der Waals surface area contributed by atoms with Crippen molar-refractivity contribution in [2.75, 3.05) is 25.2 Å². The molecular weight excluding hydrogens is 440 g/mol. The van der Waals surface area contributed by atoms with E-state index in [1.807, 2.05) is 42.2 Å². The van der Waals surface area contributed by atoms with Crippen LogP contribution in [0.15, 0.2) is 35.1 Å². The van der Waals surface area contributed by atoms with E-state index in [4.69, 9.17) is 0 Å². The van der Waals surface area contributed by atoms with Gasteiger partial charge < -0.3 is 19.9 Å². The number of carbonyl (C=O) groups is 1. The molecule has 0 spiro atoms. The number of nitrogens with zero attached hydrogens (tertiary/aromatic N) is 3. The molecule has 3 aromatic rings. The molecule has 11 heteroatoms. The topological polar surface area (TPSA) is 100 Å². The van der Waals surface area contributed by atoms with E-state index in [0.717, 1.165) is 30.4 Å². The summed E-state index contributed by atoms with van der Waals surface area (Å²) in [5.41, 5.74) is 0.220. The normalized spacial score (nSPS) is 17.6. The number of methoxy groups -OCH3 is 1. The number of hydrogen-bond donors (Lipinski definition) is 2. The number of carbonyl (C=O) groups excluding carboxylic acids is 1. The third-order valence-corrected chi connectivity index (χ3v) is 6.38.